The summed E-state index contributed by atoms with van der Waals surface area (Å²) in [5, 5.41) is 0. The van der Waals surface area contributed by atoms with Crippen LogP contribution in [0, 0.1) is 115 Å². The van der Waals surface area contributed by atoms with Gasteiger partial charge in [0.25, 0.3) is 0 Å². The predicted octanol–water partition coefficient (Wildman–Crippen LogP) is 22.6. The first-order valence-electron chi connectivity index (χ1n) is 28.2. The van der Waals surface area contributed by atoms with Crippen LogP contribution in [0.25, 0.3) is 0 Å². The minimum atomic E-state index is 0. The second-order valence-corrected chi connectivity index (χ2v) is 24.2. The van der Waals surface area contributed by atoms with E-state index in [1.165, 1.54) is 173 Å². The quantitative estimate of drug-likeness (QED) is 0.211. The summed E-state index contributed by atoms with van der Waals surface area (Å²) < 4.78 is 0. The van der Waals surface area contributed by atoms with Crippen molar-refractivity contribution in [1.29, 1.82) is 0 Å². The fraction of sp³-hybridized carbons (Fsp3) is 0.731. The van der Waals surface area contributed by atoms with Crippen molar-refractivity contribution in [1.82, 2.24) is 0 Å². The normalized spacial score (nSPS) is 27.4. The Balaban J connectivity index is 0. The van der Waals surface area contributed by atoms with Crippen LogP contribution in [-0.4, -0.2) is 0 Å². The Labute approximate surface area is 424 Å². The molecule has 0 spiro atoms. The van der Waals surface area contributed by atoms with Crippen LogP contribution in [0.3, 0.4) is 0 Å². The molecule has 67 heavy (non-hydrogen) atoms. The van der Waals surface area contributed by atoms with E-state index in [0.717, 1.165) is 59.2 Å². The first kappa shape index (κ1) is 64.7. The Kier molecular flexibility index (Phi) is 36.2. The van der Waals surface area contributed by atoms with E-state index in [4.69, 9.17) is 0 Å². The van der Waals surface area contributed by atoms with Crippen molar-refractivity contribution < 1.29 is 1.43 Å². The molecule has 0 aliphatic heterocycles. The van der Waals surface area contributed by atoms with Crippen LogP contribution in [0.4, 0.5) is 0 Å². The zero-order valence-corrected chi connectivity index (χ0v) is 47.7. The summed E-state index contributed by atoms with van der Waals surface area (Å²) in [5.74, 6) is 10.2. The minimum absolute atomic E-state index is 0. The third-order valence-electron chi connectivity index (χ3n) is 16.1. The molecule has 3 aromatic rings. The Morgan fingerprint density at radius 1 is 0.224 bits per heavy atom. The Hall–Kier alpha value is -2.34. The van der Waals surface area contributed by atoms with Gasteiger partial charge >= 0.3 is 0 Å². The van der Waals surface area contributed by atoms with E-state index in [1.54, 1.807) is 0 Å². The van der Waals surface area contributed by atoms with E-state index in [1.807, 2.05) is 0 Å². The Bertz CT molecular complexity index is 1340. The van der Waals surface area contributed by atoms with E-state index in [0.29, 0.717) is 0 Å². The van der Waals surface area contributed by atoms with Crippen molar-refractivity contribution in [3.05, 3.63) is 105 Å². The predicted molar refractivity (Wildman–Crippen MR) is 310 cm³/mol. The summed E-state index contributed by atoms with van der Waals surface area (Å²) >= 11 is 0. The van der Waals surface area contributed by atoms with Crippen LogP contribution < -0.4 is 0 Å². The molecule has 0 heterocycles. The van der Waals surface area contributed by atoms with Gasteiger partial charge in [0.15, 0.2) is 0 Å². The van der Waals surface area contributed by atoms with E-state index in [-0.39, 0.29) is 8.85 Å². The first-order valence-corrected chi connectivity index (χ1v) is 28.2. The zero-order chi connectivity index (χ0) is 49.6. The summed E-state index contributed by atoms with van der Waals surface area (Å²) in [6.45, 7) is 40.6. The molecule has 388 valence electrons. The SMILES string of the molecule is C.CC1CCC(C)CC1.CC1CCC(C)CC1.CC1CCC(C)CC1.CC1CCC(C)CC1.CC1CCC(C)CC1.Cc1ccc(C)c(C)c1.Cc1ccc(C)c(C)c1.Cc1ccc(C)cc1.[2HH]. The third kappa shape index (κ3) is 34.6. The van der Waals surface area contributed by atoms with Gasteiger partial charge in [-0.15, -0.1) is 0 Å². The van der Waals surface area contributed by atoms with Crippen LogP contribution in [-0.2, 0) is 0 Å². The first-order chi connectivity index (χ1) is 31.1. The topological polar surface area (TPSA) is 0 Å². The molecule has 0 unspecified atom stereocenters. The Morgan fingerprint density at radius 2 is 0.358 bits per heavy atom. The molecule has 0 atom stereocenters. The molecule has 0 radical (unpaired) electrons. The molecule has 5 aliphatic rings. The van der Waals surface area contributed by atoms with E-state index in [2.05, 4.69) is 185 Å². The lowest BCUT2D eigenvalue weighted by Gasteiger charge is -2.22. The molecular formula is C67H120. The fourth-order valence-electron chi connectivity index (χ4n) is 9.55. The van der Waals surface area contributed by atoms with E-state index in [9.17, 15) is 0 Å². The second-order valence-electron chi connectivity index (χ2n) is 24.2. The maximum Gasteiger partial charge on any atom is 0 e. The molecule has 0 amide bonds. The van der Waals surface area contributed by atoms with Gasteiger partial charge in [0.2, 0.25) is 0 Å². The van der Waals surface area contributed by atoms with Crippen molar-refractivity contribution in [2.24, 2.45) is 59.2 Å². The summed E-state index contributed by atoms with van der Waals surface area (Å²) in [5.41, 5.74) is 10.9. The second kappa shape index (κ2) is 37.5. The Morgan fingerprint density at radius 3 is 0.478 bits per heavy atom. The lowest BCUT2D eigenvalue weighted by Crippen LogP contribution is -2.08. The molecule has 5 fully saturated rings. The largest absolute Gasteiger partial charge is 0.0776 e. The molecule has 0 N–H and O–H groups in total. The van der Waals surface area contributed by atoms with Gasteiger partial charge in [0.05, 0.1) is 0 Å². The number of rotatable bonds is 0. The maximum atomic E-state index is 2.37. The van der Waals surface area contributed by atoms with Gasteiger partial charge in [0.1, 0.15) is 0 Å². The fourth-order valence-corrected chi connectivity index (χ4v) is 9.55. The molecule has 5 aliphatic carbocycles. The lowest BCUT2D eigenvalue weighted by atomic mass is 9.84. The number of aryl methyl sites for hydroxylation is 8. The summed E-state index contributed by atoms with van der Waals surface area (Å²) in [7, 11) is 0. The molecule has 0 aromatic heterocycles. The summed E-state index contributed by atoms with van der Waals surface area (Å²) in [4.78, 5) is 0. The molecule has 5 saturated carbocycles. The molecule has 8 rings (SSSR count). The number of hydrogen-bond acceptors (Lipinski definition) is 0. The molecule has 0 saturated heterocycles. The van der Waals surface area contributed by atoms with Gasteiger partial charge in [0, 0.05) is 1.43 Å². The van der Waals surface area contributed by atoms with Gasteiger partial charge in [-0.3, -0.25) is 0 Å². The van der Waals surface area contributed by atoms with Crippen LogP contribution >= 0.6 is 0 Å². The highest BCUT2D eigenvalue weighted by Gasteiger charge is 2.16. The van der Waals surface area contributed by atoms with E-state index < -0.39 is 0 Å². The maximum absolute atomic E-state index is 2.37. The van der Waals surface area contributed by atoms with Crippen molar-refractivity contribution in [2.45, 2.75) is 260 Å². The van der Waals surface area contributed by atoms with Crippen LogP contribution in [0.1, 0.15) is 251 Å². The van der Waals surface area contributed by atoms with Gasteiger partial charge in [-0.1, -0.05) is 288 Å². The highest BCUT2D eigenvalue weighted by molar-refractivity contribution is 5.29. The van der Waals surface area contributed by atoms with Crippen LogP contribution in [0.5, 0.6) is 0 Å². The van der Waals surface area contributed by atoms with Crippen molar-refractivity contribution in [3.63, 3.8) is 0 Å². The van der Waals surface area contributed by atoms with Crippen molar-refractivity contribution in [3.8, 4) is 0 Å². The number of benzene rings is 3. The third-order valence-corrected chi connectivity index (χ3v) is 16.1. The number of hydrogen-bond donors (Lipinski definition) is 0. The molecule has 0 bridgehead atoms. The van der Waals surface area contributed by atoms with Crippen molar-refractivity contribution >= 4 is 0 Å². The molecule has 0 nitrogen and oxygen atoms in total. The summed E-state index contributed by atoms with van der Waals surface area (Å²) in [6, 6.07) is 21.5. The molecule has 3 aromatic carbocycles. The molecular weight excluding hydrogens is 805 g/mol. The minimum Gasteiger partial charge on any atom is -0.0776 e. The van der Waals surface area contributed by atoms with E-state index >= 15 is 0 Å². The zero-order valence-electron chi connectivity index (χ0n) is 47.7. The van der Waals surface area contributed by atoms with Crippen LogP contribution in [0.15, 0.2) is 60.7 Å². The standard InChI is InChI=1S/2C9H12.5C8H16.C8H10.CH4.H2/c2*1-7-4-5-8(2)9(3)6-7;6*1-7-3-5-8(2)6-4-7;;/h2*4-6H,1-3H3;5*7-8H,3-6H2,1-2H3;3-6H,1-2H3;1H4;1H/i;;;;;;;;;1+1. The van der Waals surface area contributed by atoms with Gasteiger partial charge < -0.3 is 0 Å². The van der Waals surface area contributed by atoms with Crippen LogP contribution in [0.2, 0.25) is 0 Å². The monoisotopic (exact) mass is 926 g/mol. The van der Waals surface area contributed by atoms with Crippen molar-refractivity contribution in [2.75, 3.05) is 0 Å². The average molecular weight is 927 g/mol. The van der Waals surface area contributed by atoms with Gasteiger partial charge in [-0.05, 0) is 137 Å². The molecule has 0 heteroatoms. The van der Waals surface area contributed by atoms with Gasteiger partial charge in [-0.2, -0.15) is 0 Å². The highest BCUT2D eigenvalue weighted by atomic mass is 14.2. The van der Waals surface area contributed by atoms with Gasteiger partial charge in [-0.25, -0.2) is 0 Å². The average Bonchev–Trinajstić information content (AvgIpc) is 3.29. The highest BCUT2D eigenvalue weighted by Crippen LogP contribution is 2.30. The smallest absolute Gasteiger partial charge is 0 e. The lowest BCUT2D eigenvalue weighted by molar-refractivity contribution is 0.308. The summed E-state index contributed by atoms with van der Waals surface area (Å²) in [6.07, 6.45) is 29.5.